The number of carbonyl (C=O) groups excluding carboxylic acids is 1. The Morgan fingerprint density at radius 2 is 1.76 bits per heavy atom. The summed E-state index contributed by atoms with van der Waals surface area (Å²) >= 11 is 0. The van der Waals surface area contributed by atoms with E-state index in [-0.39, 0.29) is 11.2 Å². The Kier molecular flexibility index (Phi) is 6.00. The summed E-state index contributed by atoms with van der Waals surface area (Å²) in [6.07, 6.45) is 1.66. The fourth-order valence-corrected chi connectivity index (χ4v) is 3.42. The highest BCUT2D eigenvalue weighted by Crippen LogP contribution is 2.18. The molecule has 1 aromatic heterocycles. The summed E-state index contributed by atoms with van der Waals surface area (Å²) in [5.74, 6) is -0.392. The lowest BCUT2D eigenvalue weighted by Gasteiger charge is -2.07. The third-order valence-corrected chi connectivity index (χ3v) is 5.30. The van der Waals surface area contributed by atoms with Gasteiger partial charge in [0.05, 0.1) is 28.7 Å². The summed E-state index contributed by atoms with van der Waals surface area (Å²) in [4.78, 5) is 30.4. The van der Waals surface area contributed by atoms with Crippen LogP contribution in [0.1, 0.15) is 27.2 Å². The highest BCUT2D eigenvalue weighted by Gasteiger charge is 2.18. The summed E-state index contributed by atoms with van der Waals surface area (Å²) in [7, 11) is 1.78. The topological polar surface area (TPSA) is 92.2 Å². The zero-order valence-corrected chi connectivity index (χ0v) is 18.2. The molecule has 1 amide bonds. The van der Waals surface area contributed by atoms with Gasteiger partial charge in [0.25, 0.3) is 11.5 Å². The van der Waals surface area contributed by atoms with Crippen molar-refractivity contribution in [3.8, 4) is 11.8 Å². The fourth-order valence-electron chi connectivity index (χ4n) is 3.42. The molecule has 33 heavy (non-hydrogen) atoms. The van der Waals surface area contributed by atoms with Gasteiger partial charge in [0.2, 0.25) is 0 Å². The molecule has 0 saturated carbocycles. The van der Waals surface area contributed by atoms with Gasteiger partial charge in [0.15, 0.2) is 0 Å². The van der Waals surface area contributed by atoms with Crippen molar-refractivity contribution < 1.29 is 4.79 Å². The molecular formula is C26H21N5O2. The number of aromatic nitrogens is 2. The van der Waals surface area contributed by atoms with E-state index in [2.05, 4.69) is 16.4 Å². The Balaban J connectivity index is 1.57. The molecule has 0 atom stereocenters. The zero-order chi connectivity index (χ0) is 23.4. The average Bonchev–Trinajstić information content (AvgIpc) is 3.06. The van der Waals surface area contributed by atoms with Crippen molar-refractivity contribution in [2.45, 2.75) is 6.92 Å². The van der Waals surface area contributed by atoms with Gasteiger partial charge in [-0.25, -0.2) is 4.68 Å². The van der Waals surface area contributed by atoms with Gasteiger partial charge in [0.1, 0.15) is 5.69 Å². The Hall–Kier alpha value is -4.70. The fraction of sp³-hybridized carbons (Fsp3) is 0.0769. The number of nitrogens with one attached hydrogen (secondary N) is 1. The van der Waals surface area contributed by atoms with Crippen molar-refractivity contribution in [2.75, 3.05) is 5.32 Å². The van der Waals surface area contributed by atoms with Crippen LogP contribution >= 0.6 is 0 Å². The van der Waals surface area contributed by atoms with Crippen LogP contribution < -0.4 is 10.9 Å². The Bertz CT molecular complexity index is 1440. The number of carbonyl (C=O) groups is 1. The van der Waals surface area contributed by atoms with E-state index in [0.29, 0.717) is 28.2 Å². The second-order valence-electron chi connectivity index (χ2n) is 7.43. The maximum Gasteiger partial charge on any atom is 0.295 e. The quantitative estimate of drug-likeness (QED) is 0.472. The molecule has 0 spiro atoms. The number of nitrogens with zero attached hydrogens (tertiary/aromatic N) is 4. The lowest BCUT2D eigenvalue weighted by molar-refractivity contribution is 0.102. The number of nitriles is 1. The number of hydrogen-bond acceptors (Lipinski definition) is 4. The first kappa shape index (κ1) is 21.5. The predicted molar refractivity (Wildman–Crippen MR) is 129 cm³/mol. The van der Waals surface area contributed by atoms with Crippen LogP contribution in [0.4, 0.5) is 11.4 Å². The van der Waals surface area contributed by atoms with E-state index >= 15 is 0 Å². The van der Waals surface area contributed by atoms with E-state index in [1.165, 1.54) is 4.68 Å². The maximum atomic E-state index is 13.0. The van der Waals surface area contributed by atoms with Crippen LogP contribution in [-0.2, 0) is 7.05 Å². The molecule has 1 heterocycles. The molecule has 1 N–H and O–H groups in total. The summed E-state index contributed by atoms with van der Waals surface area (Å²) in [6.45, 7) is 1.79. The van der Waals surface area contributed by atoms with E-state index in [0.717, 1.165) is 5.56 Å². The van der Waals surface area contributed by atoms with Crippen LogP contribution in [0, 0.1) is 18.3 Å². The Labute approximate surface area is 190 Å². The van der Waals surface area contributed by atoms with Crippen LogP contribution in [0.15, 0.2) is 88.6 Å². The highest BCUT2D eigenvalue weighted by atomic mass is 16.2. The van der Waals surface area contributed by atoms with Crippen LogP contribution in [0.2, 0.25) is 0 Å². The normalized spacial score (nSPS) is 10.8. The minimum absolute atomic E-state index is 0.234. The summed E-state index contributed by atoms with van der Waals surface area (Å²) in [5.41, 5.74) is 3.69. The molecule has 7 nitrogen and oxygen atoms in total. The molecule has 0 bridgehead atoms. The molecule has 3 aromatic carbocycles. The van der Waals surface area contributed by atoms with Crippen LogP contribution in [0.3, 0.4) is 0 Å². The van der Waals surface area contributed by atoms with Gasteiger partial charge in [-0.15, -0.1) is 0 Å². The first-order valence-corrected chi connectivity index (χ1v) is 10.3. The van der Waals surface area contributed by atoms with E-state index < -0.39 is 5.91 Å². The predicted octanol–water partition coefficient (Wildman–Crippen LogP) is 4.36. The molecule has 0 aliphatic rings. The molecular weight excluding hydrogens is 414 g/mol. The lowest BCUT2D eigenvalue weighted by Crippen LogP contribution is -2.22. The van der Waals surface area contributed by atoms with Gasteiger partial charge < -0.3 is 5.32 Å². The highest BCUT2D eigenvalue weighted by molar-refractivity contribution is 6.05. The van der Waals surface area contributed by atoms with Crippen molar-refractivity contribution >= 4 is 23.5 Å². The number of anilines is 1. The maximum absolute atomic E-state index is 13.0. The first-order valence-electron chi connectivity index (χ1n) is 10.3. The monoisotopic (exact) mass is 435 g/mol. The molecule has 0 fully saturated rings. The number of amides is 1. The number of para-hydroxylation sites is 1. The van der Waals surface area contributed by atoms with E-state index in [1.807, 2.05) is 30.3 Å². The van der Waals surface area contributed by atoms with Crippen molar-refractivity contribution in [1.82, 2.24) is 9.36 Å². The largest absolute Gasteiger partial charge is 0.316 e. The van der Waals surface area contributed by atoms with Gasteiger partial charge in [-0.2, -0.15) is 5.26 Å². The minimum Gasteiger partial charge on any atom is -0.316 e. The molecule has 0 aliphatic carbocycles. The number of benzene rings is 3. The SMILES string of the molecule is Cc1c(NC(=O)c2cccc(N=Cc3ccc(C#N)cc3)c2)c(=O)n(-c2ccccc2)n1C. The van der Waals surface area contributed by atoms with E-state index in [9.17, 15) is 9.59 Å². The average molecular weight is 435 g/mol. The molecule has 0 unspecified atom stereocenters. The van der Waals surface area contributed by atoms with E-state index in [1.54, 1.807) is 73.4 Å². The van der Waals surface area contributed by atoms with Gasteiger partial charge in [-0.05, 0) is 55.0 Å². The Morgan fingerprint density at radius 1 is 1.03 bits per heavy atom. The number of aliphatic imine (C=N–C) groups is 1. The van der Waals surface area contributed by atoms with Gasteiger partial charge in [-0.1, -0.05) is 36.4 Å². The van der Waals surface area contributed by atoms with Crippen molar-refractivity contribution in [3.05, 3.63) is 112 Å². The van der Waals surface area contributed by atoms with Crippen molar-refractivity contribution in [2.24, 2.45) is 12.0 Å². The van der Waals surface area contributed by atoms with Crippen molar-refractivity contribution in [1.29, 1.82) is 5.26 Å². The van der Waals surface area contributed by atoms with Gasteiger partial charge >= 0.3 is 0 Å². The van der Waals surface area contributed by atoms with E-state index in [4.69, 9.17) is 5.26 Å². The first-order chi connectivity index (χ1) is 16.0. The number of hydrogen-bond donors (Lipinski definition) is 1. The molecule has 0 saturated heterocycles. The molecule has 4 rings (SSSR count). The number of rotatable bonds is 5. The van der Waals surface area contributed by atoms with Crippen LogP contribution in [0.25, 0.3) is 5.69 Å². The second kappa shape index (κ2) is 9.20. The third-order valence-electron chi connectivity index (χ3n) is 5.30. The zero-order valence-electron chi connectivity index (χ0n) is 18.2. The van der Waals surface area contributed by atoms with Crippen LogP contribution in [0.5, 0.6) is 0 Å². The summed E-state index contributed by atoms with van der Waals surface area (Å²) in [5, 5.41) is 11.7. The standard InChI is InChI=1S/C26H21N5O2/c1-18-24(26(33)31(30(18)2)23-9-4-3-5-10-23)29-25(32)21-7-6-8-22(15-21)28-17-20-13-11-19(16-27)12-14-20/h3-15,17H,1-2H3,(H,29,32). The summed E-state index contributed by atoms with van der Waals surface area (Å²) in [6, 6.07) is 25.2. The molecule has 0 radical (unpaired) electrons. The van der Waals surface area contributed by atoms with Crippen molar-refractivity contribution in [3.63, 3.8) is 0 Å². The second-order valence-corrected chi connectivity index (χ2v) is 7.43. The van der Waals surface area contributed by atoms with Gasteiger partial charge in [-0.3, -0.25) is 19.3 Å². The smallest absolute Gasteiger partial charge is 0.295 e. The molecule has 162 valence electrons. The minimum atomic E-state index is -0.392. The van der Waals surface area contributed by atoms with Crippen LogP contribution in [-0.4, -0.2) is 21.5 Å². The van der Waals surface area contributed by atoms with Gasteiger partial charge in [0, 0.05) is 18.8 Å². The molecule has 4 aromatic rings. The third kappa shape index (κ3) is 4.50. The summed E-state index contributed by atoms with van der Waals surface area (Å²) < 4.78 is 3.23. The molecule has 0 aliphatic heterocycles. The Morgan fingerprint density at radius 3 is 2.45 bits per heavy atom. The lowest BCUT2D eigenvalue weighted by atomic mass is 10.1. The molecule has 7 heteroatoms.